The van der Waals surface area contributed by atoms with Crippen molar-refractivity contribution in [1.82, 2.24) is 9.78 Å². The zero-order valence-corrected chi connectivity index (χ0v) is 12.6. The van der Waals surface area contributed by atoms with E-state index in [1.165, 1.54) is 0 Å². The predicted octanol–water partition coefficient (Wildman–Crippen LogP) is 2.16. The van der Waals surface area contributed by atoms with E-state index in [-0.39, 0.29) is 0 Å². The van der Waals surface area contributed by atoms with Crippen LogP contribution >= 0.6 is 0 Å². The summed E-state index contributed by atoms with van der Waals surface area (Å²) >= 11 is 0. The second-order valence-electron chi connectivity index (χ2n) is 4.53. The van der Waals surface area contributed by atoms with Crippen molar-refractivity contribution in [2.24, 2.45) is 0 Å². The van der Waals surface area contributed by atoms with Gasteiger partial charge in [0.2, 0.25) is 0 Å². The van der Waals surface area contributed by atoms with Gasteiger partial charge in [0.15, 0.2) is 11.5 Å². The Morgan fingerprint density at radius 2 is 1.95 bits per heavy atom. The van der Waals surface area contributed by atoms with E-state index in [1.54, 1.807) is 27.5 Å². The molecule has 0 amide bonds. The van der Waals surface area contributed by atoms with Crippen LogP contribution < -0.4 is 14.8 Å². The molecule has 1 heterocycles. The van der Waals surface area contributed by atoms with Gasteiger partial charge in [-0.05, 0) is 17.7 Å². The number of rotatable bonds is 8. The first-order valence-corrected chi connectivity index (χ1v) is 6.73. The van der Waals surface area contributed by atoms with Crippen molar-refractivity contribution >= 4 is 5.69 Å². The largest absolute Gasteiger partial charge is 0.493 e. The van der Waals surface area contributed by atoms with Crippen molar-refractivity contribution in [3.05, 3.63) is 36.2 Å². The van der Waals surface area contributed by atoms with E-state index in [4.69, 9.17) is 14.2 Å². The maximum Gasteiger partial charge on any atom is 0.161 e. The number of anilines is 1. The molecule has 0 atom stereocenters. The Balaban J connectivity index is 1.94. The fourth-order valence-electron chi connectivity index (χ4n) is 1.96. The minimum absolute atomic E-state index is 0.650. The first-order chi connectivity index (χ1) is 10.3. The van der Waals surface area contributed by atoms with Gasteiger partial charge in [-0.1, -0.05) is 6.07 Å². The number of benzene rings is 1. The fraction of sp³-hybridized carbons (Fsp3) is 0.400. The van der Waals surface area contributed by atoms with Crippen LogP contribution in [0.4, 0.5) is 5.69 Å². The Morgan fingerprint density at radius 1 is 1.14 bits per heavy atom. The molecule has 0 fully saturated rings. The molecule has 2 aromatic rings. The van der Waals surface area contributed by atoms with Gasteiger partial charge in [-0.3, -0.25) is 4.68 Å². The normalized spacial score (nSPS) is 10.4. The molecule has 1 aromatic heterocycles. The predicted molar refractivity (Wildman–Crippen MR) is 81.0 cm³/mol. The Bertz CT molecular complexity index is 569. The molecule has 0 aliphatic rings. The number of hydrogen-bond donors (Lipinski definition) is 1. The van der Waals surface area contributed by atoms with Crippen LogP contribution in [0, 0.1) is 0 Å². The highest BCUT2D eigenvalue weighted by Crippen LogP contribution is 2.27. The average molecular weight is 291 g/mol. The monoisotopic (exact) mass is 291 g/mol. The van der Waals surface area contributed by atoms with Crippen molar-refractivity contribution in [3.63, 3.8) is 0 Å². The van der Waals surface area contributed by atoms with E-state index in [0.29, 0.717) is 13.2 Å². The summed E-state index contributed by atoms with van der Waals surface area (Å²) in [6, 6.07) is 5.86. The van der Waals surface area contributed by atoms with Crippen molar-refractivity contribution in [2.75, 3.05) is 33.3 Å². The summed E-state index contributed by atoms with van der Waals surface area (Å²) in [5.41, 5.74) is 2.08. The van der Waals surface area contributed by atoms with Gasteiger partial charge in [-0.25, -0.2) is 0 Å². The lowest BCUT2D eigenvalue weighted by Crippen LogP contribution is -2.04. The van der Waals surface area contributed by atoms with Gasteiger partial charge >= 0.3 is 0 Å². The van der Waals surface area contributed by atoms with Crippen LogP contribution in [0.5, 0.6) is 11.5 Å². The molecule has 0 bridgehead atoms. The van der Waals surface area contributed by atoms with Gasteiger partial charge in [0.1, 0.15) is 0 Å². The van der Waals surface area contributed by atoms with Crippen LogP contribution in [0.25, 0.3) is 0 Å². The van der Waals surface area contributed by atoms with Crippen molar-refractivity contribution in [1.29, 1.82) is 0 Å². The Kier molecular flexibility index (Phi) is 5.45. The number of hydrogen-bond acceptors (Lipinski definition) is 5. The van der Waals surface area contributed by atoms with Crippen molar-refractivity contribution in [3.8, 4) is 11.5 Å². The van der Waals surface area contributed by atoms with Gasteiger partial charge in [0, 0.05) is 19.9 Å². The van der Waals surface area contributed by atoms with E-state index in [2.05, 4.69) is 10.4 Å². The molecule has 0 saturated heterocycles. The van der Waals surface area contributed by atoms with Gasteiger partial charge in [-0.15, -0.1) is 0 Å². The third-order valence-corrected chi connectivity index (χ3v) is 3.10. The van der Waals surface area contributed by atoms with Crippen LogP contribution in [0.3, 0.4) is 0 Å². The molecule has 0 radical (unpaired) electrons. The third kappa shape index (κ3) is 4.13. The van der Waals surface area contributed by atoms with Crippen LogP contribution in [0.15, 0.2) is 30.6 Å². The summed E-state index contributed by atoms with van der Waals surface area (Å²) in [5, 5.41) is 7.58. The smallest absolute Gasteiger partial charge is 0.161 e. The minimum Gasteiger partial charge on any atom is -0.493 e. The number of nitrogens with one attached hydrogen (secondary N) is 1. The number of ether oxygens (including phenoxy) is 3. The molecule has 0 aliphatic carbocycles. The fourth-order valence-corrected chi connectivity index (χ4v) is 1.96. The minimum atomic E-state index is 0.650. The van der Waals surface area contributed by atoms with Crippen LogP contribution in [0.2, 0.25) is 0 Å². The summed E-state index contributed by atoms with van der Waals surface area (Å²) in [6.07, 6.45) is 3.76. The highest BCUT2D eigenvalue weighted by Gasteiger charge is 2.05. The Morgan fingerprint density at radius 3 is 2.67 bits per heavy atom. The Labute approximate surface area is 124 Å². The number of methoxy groups -OCH3 is 3. The number of aromatic nitrogens is 2. The Hall–Kier alpha value is -2.21. The van der Waals surface area contributed by atoms with Crippen LogP contribution in [-0.4, -0.2) is 37.7 Å². The first kappa shape index (κ1) is 15.2. The lowest BCUT2D eigenvalue weighted by molar-refractivity contribution is 0.183. The van der Waals surface area contributed by atoms with E-state index < -0.39 is 0 Å². The van der Waals surface area contributed by atoms with Crippen molar-refractivity contribution < 1.29 is 14.2 Å². The van der Waals surface area contributed by atoms with E-state index in [9.17, 15) is 0 Å². The van der Waals surface area contributed by atoms with Gasteiger partial charge in [0.05, 0.1) is 39.3 Å². The quantitative estimate of drug-likeness (QED) is 0.807. The highest BCUT2D eigenvalue weighted by molar-refractivity contribution is 5.45. The molecule has 0 unspecified atom stereocenters. The molecule has 0 saturated carbocycles. The first-order valence-electron chi connectivity index (χ1n) is 6.73. The standard InChI is InChI=1S/C15H21N3O3/c1-19-7-6-18-11-13(10-17-18)16-9-12-4-5-14(20-2)15(8-12)21-3/h4-5,8,10-11,16H,6-7,9H2,1-3H3. The molecule has 1 N–H and O–H groups in total. The summed E-state index contributed by atoms with van der Waals surface area (Å²) in [5.74, 6) is 1.46. The summed E-state index contributed by atoms with van der Waals surface area (Å²) in [4.78, 5) is 0. The van der Waals surface area contributed by atoms with Gasteiger partial charge < -0.3 is 19.5 Å². The molecule has 114 valence electrons. The second kappa shape index (κ2) is 7.54. The molecule has 6 nitrogen and oxygen atoms in total. The molecule has 1 aromatic carbocycles. The van der Waals surface area contributed by atoms with Crippen LogP contribution in [-0.2, 0) is 17.8 Å². The molecule has 6 heteroatoms. The molecule has 0 spiro atoms. The molecule has 0 aliphatic heterocycles. The van der Waals surface area contributed by atoms with Crippen LogP contribution in [0.1, 0.15) is 5.56 Å². The molecule has 2 rings (SSSR count). The average Bonchev–Trinajstić information content (AvgIpc) is 2.98. The molecular formula is C15H21N3O3. The maximum absolute atomic E-state index is 5.29. The second-order valence-corrected chi connectivity index (χ2v) is 4.53. The van der Waals surface area contributed by atoms with E-state index >= 15 is 0 Å². The van der Waals surface area contributed by atoms with E-state index in [0.717, 1.165) is 29.3 Å². The van der Waals surface area contributed by atoms with Gasteiger partial charge in [-0.2, -0.15) is 5.10 Å². The van der Waals surface area contributed by atoms with Gasteiger partial charge in [0.25, 0.3) is 0 Å². The molecule has 21 heavy (non-hydrogen) atoms. The zero-order valence-electron chi connectivity index (χ0n) is 12.6. The van der Waals surface area contributed by atoms with Crippen molar-refractivity contribution in [2.45, 2.75) is 13.1 Å². The lowest BCUT2D eigenvalue weighted by atomic mass is 10.2. The summed E-state index contributed by atoms with van der Waals surface area (Å²) < 4.78 is 17.4. The summed E-state index contributed by atoms with van der Waals surface area (Å²) in [7, 11) is 4.94. The topological polar surface area (TPSA) is 57.5 Å². The summed E-state index contributed by atoms with van der Waals surface area (Å²) in [6.45, 7) is 2.08. The number of nitrogens with zero attached hydrogens (tertiary/aromatic N) is 2. The third-order valence-electron chi connectivity index (χ3n) is 3.10. The lowest BCUT2D eigenvalue weighted by Gasteiger charge is -2.10. The highest BCUT2D eigenvalue weighted by atomic mass is 16.5. The zero-order chi connectivity index (χ0) is 15.1. The molecular weight excluding hydrogens is 270 g/mol. The maximum atomic E-state index is 5.29. The SMILES string of the molecule is COCCn1cc(NCc2ccc(OC)c(OC)c2)cn1. The van der Waals surface area contributed by atoms with E-state index in [1.807, 2.05) is 29.1 Å².